The zero-order valence-electron chi connectivity index (χ0n) is 8.99. The highest BCUT2D eigenvalue weighted by Crippen LogP contribution is 2.12. The maximum absolute atomic E-state index is 11.1. The van der Waals surface area contributed by atoms with Gasteiger partial charge in [-0.05, 0) is 19.4 Å². The zero-order chi connectivity index (χ0) is 10.4. The van der Waals surface area contributed by atoms with Crippen molar-refractivity contribution in [3.63, 3.8) is 0 Å². The van der Waals surface area contributed by atoms with Crippen molar-refractivity contribution < 1.29 is 14.3 Å². The van der Waals surface area contributed by atoms with Gasteiger partial charge in [0.15, 0.2) is 0 Å². The summed E-state index contributed by atoms with van der Waals surface area (Å²) in [4.78, 5) is 13.3. The van der Waals surface area contributed by atoms with Gasteiger partial charge in [0.1, 0.15) is 0 Å². The van der Waals surface area contributed by atoms with Gasteiger partial charge in [-0.15, -0.1) is 0 Å². The number of methoxy groups -OCH3 is 1. The van der Waals surface area contributed by atoms with Gasteiger partial charge in [-0.2, -0.15) is 0 Å². The summed E-state index contributed by atoms with van der Waals surface area (Å²) in [6.07, 6.45) is 2.07. The van der Waals surface area contributed by atoms with E-state index in [2.05, 4.69) is 16.6 Å². The Morgan fingerprint density at radius 3 is 2.93 bits per heavy atom. The van der Waals surface area contributed by atoms with Gasteiger partial charge in [0.2, 0.25) is 0 Å². The SMILES string of the molecule is CCCN(CC(=O)OC)C1CCOC1. The van der Waals surface area contributed by atoms with E-state index in [-0.39, 0.29) is 5.97 Å². The number of esters is 1. The summed E-state index contributed by atoms with van der Waals surface area (Å²) in [5, 5.41) is 0. The summed E-state index contributed by atoms with van der Waals surface area (Å²) in [5.74, 6) is -0.162. The fourth-order valence-corrected chi connectivity index (χ4v) is 1.72. The first-order chi connectivity index (χ1) is 6.77. The maximum atomic E-state index is 11.1. The molecule has 1 aliphatic heterocycles. The van der Waals surface area contributed by atoms with Gasteiger partial charge < -0.3 is 9.47 Å². The van der Waals surface area contributed by atoms with Crippen molar-refractivity contribution in [2.45, 2.75) is 25.8 Å². The van der Waals surface area contributed by atoms with Crippen LogP contribution in [-0.2, 0) is 14.3 Å². The van der Waals surface area contributed by atoms with E-state index in [0.29, 0.717) is 12.6 Å². The van der Waals surface area contributed by atoms with Gasteiger partial charge in [-0.3, -0.25) is 9.69 Å². The molecule has 1 unspecified atom stereocenters. The van der Waals surface area contributed by atoms with Crippen molar-refractivity contribution in [2.75, 3.05) is 33.4 Å². The molecule has 0 saturated carbocycles. The minimum atomic E-state index is -0.162. The molecule has 1 rings (SSSR count). The third-order valence-electron chi connectivity index (χ3n) is 2.49. The normalized spacial score (nSPS) is 21.5. The molecule has 4 heteroatoms. The lowest BCUT2D eigenvalue weighted by atomic mass is 10.2. The van der Waals surface area contributed by atoms with Crippen LogP contribution in [0.25, 0.3) is 0 Å². The van der Waals surface area contributed by atoms with Crippen LogP contribution in [0.3, 0.4) is 0 Å². The van der Waals surface area contributed by atoms with E-state index in [1.54, 1.807) is 0 Å². The second kappa shape index (κ2) is 5.98. The molecule has 1 heterocycles. The van der Waals surface area contributed by atoms with Crippen molar-refractivity contribution in [3.05, 3.63) is 0 Å². The summed E-state index contributed by atoms with van der Waals surface area (Å²) in [6, 6.07) is 0.397. The molecule has 0 aromatic heterocycles. The minimum absolute atomic E-state index is 0.162. The molecular weight excluding hydrogens is 182 g/mol. The lowest BCUT2D eigenvalue weighted by Crippen LogP contribution is -2.40. The van der Waals surface area contributed by atoms with E-state index < -0.39 is 0 Å². The quantitative estimate of drug-likeness (QED) is 0.612. The van der Waals surface area contributed by atoms with Gasteiger partial charge in [-0.1, -0.05) is 6.92 Å². The van der Waals surface area contributed by atoms with Crippen molar-refractivity contribution >= 4 is 5.97 Å². The van der Waals surface area contributed by atoms with Crippen molar-refractivity contribution in [2.24, 2.45) is 0 Å². The number of carbonyl (C=O) groups excluding carboxylic acids is 1. The monoisotopic (exact) mass is 201 g/mol. The van der Waals surface area contributed by atoms with Gasteiger partial charge in [-0.25, -0.2) is 0 Å². The topological polar surface area (TPSA) is 38.8 Å². The Morgan fingerprint density at radius 2 is 2.43 bits per heavy atom. The van der Waals surface area contributed by atoms with Crippen molar-refractivity contribution in [1.29, 1.82) is 0 Å². The molecule has 0 aromatic carbocycles. The number of carbonyl (C=O) groups is 1. The van der Waals surface area contributed by atoms with Gasteiger partial charge >= 0.3 is 5.97 Å². The second-order valence-electron chi connectivity index (χ2n) is 3.56. The third-order valence-corrected chi connectivity index (χ3v) is 2.49. The van der Waals surface area contributed by atoms with E-state index in [1.165, 1.54) is 7.11 Å². The van der Waals surface area contributed by atoms with Crippen LogP contribution in [0.4, 0.5) is 0 Å². The summed E-state index contributed by atoms with van der Waals surface area (Å²) < 4.78 is 9.97. The molecule has 0 N–H and O–H groups in total. The number of hydrogen-bond donors (Lipinski definition) is 0. The molecule has 1 saturated heterocycles. The molecule has 1 fully saturated rings. The molecule has 0 aromatic rings. The van der Waals surface area contributed by atoms with Crippen LogP contribution in [0.5, 0.6) is 0 Å². The van der Waals surface area contributed by atoms with E-state index in [1.807, 2.05) is 0 Å². The first-order valence-electron chi connectivity index (χ1n) is 5.16. The molecule has 4 nitrogen and oxygen atoms in total. The highest BCUT2D eigenvalue weighted by Gasteiger charge is 2.24. The van der Waals surface area contributed by atoms with Crippen molar-refractivity contribution in [3.8, 4) is 0 Å². The first-order valence-corrected chi connectivity index (χ1v) is 5.16. The highest BCUT2D eigenvalue weighted by molar-refractivity contribution is 5.71. The van der Waals surface area contributed by atoms with Crippen molar-refractivity contribution in [1.82, 2.24) is 4.90 Å². The van der Waals surface area contributed by atoms with Crippen LogP contribution in [0.15, 0.2) is 0 Å². The molecule has 1 atom stereocenters. The summed E-state index contributed by atoms with van der Waals surface area (Å²) >= 11 is 0. The molecule has 0 radical (unpaired) electrons. The van der Waals surface area contributed by atoms with Crippen LogP contribution in [0.2, 0.25) is 0 Å². The van der Waals surface area contributed by atoms with Crippen LogP contribution in [-0.4, -0.2) is 50.3 Å². The first kappa shape index (κ1) is 11.5. The molecule has 0 bridgehead atoms. The summed E-state index contributed by atoms with van der Waals surface area (Å²) in [5.41, 5.74) is 0. The van der Waals surface area contributed by atoms with E-state index >= 15 is 0 Å². The van der Waals surface area contributed by atoms with E-state index in [0.717, 1.165) is 32.6 Å². The fourth-order valence-electron chi connectivity index (χ4n) is 1.72. The van der Waals surface area contributed by atoms with E-state index in [9.17, 15) is 4.79 Å². The Balaban J connectivity index is 2.40. The Hall–Kier alpha value is -0.610. The molecule has 14 heavy (non-hydrogen) atoms. The van der Waals surface area contributed by atoms with Crippen LogP contribution >= 0.6 is 0 Å². The third kappa shape index (κ3) is 3.27. The van der Waals surface area contributed by atoms with Crippen LogP contribution in [0, 0.1) is 0 Å². The predicted octanol–water partition coefficient (Wildman–Crippen LogP) is 0.660. The lowest BCUT2D eigenvalue weighted by Gasteiger charge is -2.25. The predicted molar refractivity (Wildman–Crippen MR) is 53.1 cm³/mol. The molecule has 1 aliphatic rings. The lowest BCUT2D eigenvalue weighted by molar-refractivity contribution is -0.142. The number of hydrogen-bond acceptors (Lipinski definition) is 4. The number of nitrogens with zero attached hydrogens (tertiary/aromatic N) is 1. The Morgan fingerprint density at radius 1 is 1.64 bits per heavy atom. The molecule has 0 spiro atoms. The molecule has 82 valence electrons. The van der Waals surface area contributed by atoms with Gasteiger partial charge in [0.25, 0.3) is 0 Å². The molecule has 0 amide bonds. The van der Waals surface area contributed by atoms with Crippen LogP contribution < -0.4 is 0 Å². The van der Waals surface area contributed by atoms with Gasteiger partial charge in [0, 0.05) is 12.6 Å². The average Bonchev–Trinajstić information content (AvgIpc) is 2.69. The Labute approximate surface area is 85.2 Å². The number of rotatable bonds is 5. The minimum Gasteiger partial charge on any atom is -0.468 e. The summed E-state index contributed by atoms with van der Waals surface area (Å²) in [7, 11) is 1.43. The maximum Gasteiger partial charge on any atom is 0.319 e. The van der Waals surface area contributed by atoms with Gasteiger partial charge in [0.05, 0.1) is 20.3 Å². The Bertz CT molecular complexity index is 178. The van der Waals surface area contributed by atoms with E-state index in [4.69, 9.17) is 4.74 Å². The second-order valence-corrected chi connectivity index (χ2v) is 3.56. The average molecular weight is 201 g/mol. The fraction of sp³-hybridized carbons (Fsp3) is 0.900. The standard InChI is InChI=1S/C10H19NO3/c1-3-5-11(7-10(12)13-2)9-4-6-14-8-9/h9H,3-8H2,1-2H3. The largest absolute Gasteiger partial charge is 0.468 e. The summed E-state index contributed by atoms with van der Waals surface area (Å²) in [6.45, 7) is 4.99. The molecule has 0 aliphatic carbocycles. The highest BCUT2D eigenvalue weighted by atomic mass is 16.5. The molecular formula is C10H19NO3. The zero-order valence-corrected chi connectivity index (χ0v) is 8.99. The Kier molecular flexibility index (Phi) is 4.90. The number of ether oxygens (including phenoxy) is 2. The smallest absolute Gasteiger partial charge is 0.319 e. The van der Waals surface area contributed by atoms with Crippen LogP contribution in [0.1, 0.15) is 19.8 Å².